The average Bonchev–Trinajstić information content (AvgIpc) is 3.13. The summed E-state index contributed by atoms with van der Waals surface area (Å²) in [5.41, 5.74) is 6.94. The van der Waals surface area contributed by atoms with Crippen molar-refractivity contribution in [2.75, 3.05) is 13.2 Å². The van der Waals surface area contributed by atoms with Crippen molar-refractivity contribution in [1.29, 1.82) is 0 Å². The van der Waals surface area contributed by atoms with Gasteiger partial charge in [0.1, 0.15) is 11.5 Å². The Bertz CT molecular complexity index is 1340. The summed E-state index contributed by atoms with van der Waals surface area (Å²) in [6.07, 6.45) is 20.9. The van der Waals surface area contributed by atoms with Gasteiger partial charge in [-0.05, 0) is 134 Å². The summed E-state index contributed by atoms with van der Waals surface area (Å²) < 4.78 is 11.6. The number of ether oxygens (including phenoxy) is 2. The van der Waals surface area contributed by atoms with E-state index in [1.54, 1.807) is 0 Å². The van der Waals surface area contributed by atoms with Gasteiger partial charge in [-0.25, -0.2) is 0 Å². The van der Waals surface area contributed by atoms with Gasteiger partial charge < -0.3 is 9.47 Å². The highest BCUT2D eigenvalue weighted by Crippen LogP contribution is 2.19. The summed E-state index contributed by atoms with van der Waals surface area (Å²) in [5.74, 6) is 1.86. The molecule has 0 radical (unpaired) electrons. The van der Waals surface area contributed by atoms with Crippen LogP contribution in [0.4, 0.5) is 11.4 Å². The summed E-state index contributed by atoms with van der Waals surface area (Å²) in [6.45, 7) is 5.99. The molecule has 4 heteroatoms. The minimum Gasteiger partial charge on any atom is -0.494 e. The van der Waals surface area contributed by atoms with E-state index in [1.807, 2.05) is 36.7 Å². The van der Waals surface area contributed by atoms with Crippen molar-refractivity contribution < 1.29 is 9.47 Å². The molecule has 0 spiro atoms. The molecule has 0 amide bonds. The first kappa shape index (κ1) is 36.7. The number of aryl methyl sites for hydroxylation is 2. The number of hydrogen-bond acceptors (Lipinski definition) is 4. The summed E-state index contributed by atoms with van der Waals surface area (Å²) in [7, 11) is 0. The lowest BCUT2D eigenvalue weighted by atomic mass is 10.0. The van der Waals surface area contributed by atoms with Gasteiger partial charge in [0, 0.05) is 12.4 Å². The molecule has 0 saturated heterocycles. The van der Waals surface area contributed by atoms with Crippen molar-refractivity contribution in [3.63, 3.8) is 0 Å². The molecule has 48 heavy (non-hydrogen) atoms. The molecule has 254 valence electrons. The van der Waals surface area contributed by atoms with Gasteiger partial charge in [-0.3, -0.25) is 9.98 Å². The van der Waals surface area contributed by atoms with Crippen molar-refractivity contribution in [3.05, 3.63) is 119 Å². The van der Waals surface area contributed by atoms with Crippen LogP contribution in [0.25, 0.3) is 0 Å². The van der Waals surface area contributed by atoms with Gasteiger partial charge in [-0.2, -0.15) is 0 Å². The van der Waals surface area contributed by atoms with Crippen molar-refractivity contribution in [2.24, 2.45) is 9.98 Å². The minimum atomic E-state index is 0.786. The highest BCUT2D eigenvalue weighted by atomic mass is 16.5. The van der Waals surface area contributed by atoms with Crippen molar-refractivity contribution in [3.8, 4) is 11.5 Å². The minimum absolute atomic E-state index is 0.786. The maximum atomic E-state index is 5.80. The van der Waals surface area contributed by atoms with E-state index in [0.29, 0.717) is 0 Å². The largest absolute Gasteiger partial charge is 0.494 e. The Balaban J connectivity index is 1.03. The molecule has 0 aliphatic heterocycles. The molecule has 0 unspecified atom stereocenters. The molecule has 0 aromatic heterocycles. The van der Waals surface area contributed by atoms with E-state index in [2.05, 4.69) is 96.6 Å². The fraction of sp³-hybridized carbons (Fsp3) is 0.409. The maximum absolute atomic E-state index is 5.80. The molecule has 0 bridgehead atoms. The molecule has 0 fully saturated rings. The van der Waals surface area contributed by atoms with E-state index in [4.69, 9.17) is 9.47 Å². The van der Waals surface area contributed by atoms with Crippen LogP contribution in [-0.2, 0) is 12.8 Å². The van der Waals surface area contributed by atoms with Crippen molar-refractivity contribution in [1.82, 2.24) is 0 Å². The molecule has 0 heterocycles. The van der Waals surface area contributed by atoms with E-state index < -0.39 is 0 Å². The van der Waals surface area contributed by atoms with Crippen LogP contribution < -0.4 is 9.47 Å². The number of unbranched alkanes of at least 4 members (excludes halogenated alkanes) is 9. The summed E-state index contributed by atoms with van der Waals surface area (Å²) in [6, 6.07) is 33.8. The second kappa shape index (κ2) is 22.4. The molecule has 4 rings (SSSR count). The van der Waals surface area contributed by atoms with Gasteiger partial charge in [0.25, 0.3) is 0 Å². The quantitative estimate of drug-likeness (QED) is 0.0595. The third-order valence-electron chi connectivity index (χ3n) is 8.57. The molecular formula is C44H56N2O2. The monoisotopic (exact) mass is 644 g/mol. The summed E-state index contributed by atoms with van der Waals surface area (Å²) in [5, 5.41) is 0. The van der Waals surface area contributed by atoms with Crippen LogP contribution in [0.3, 0.4) is 0 Å². The molecular weight excluding hydrogens is 588 g/mol. The zero-order valence-electron chi connectivity index (χ0n) is 29.4. The zero-order chi connectivity index (χ0) is 33.5. The molecule has 4 aromatic rings. The third-order valence-corrected chi connectivity index (χ3v) is 8.57. The van der Waals surface area contributed by atoms with Crippen molar-refractivity contribution >= 4 is 23.8 Å². The fourth-order valence-corrected chi connectivity index (χ4v) is 5.55. The van der Waals surface area contributed by atoms with E-state index in [-0.39, 0.29) is 0 Å². The summed E-state index contributed by atoms with van der Waals surface area (Å²) in [4.78, 5) is 9.31. The van der Waals surface area contributed by atoms with Gasteiger partial charge in [0.15, 0.2) is 0 Å². The van der Waals surface area contributed by atoms with Gasteiger partial charge in [-0.1, -0.05) is 89.5 Å². The Morgan fingerprint density at radius 3 is 1.17 bits per heavy atom. The third kappa shape index (κ3) is 14.7. The Morgan fingerprint density at radius 2 is 0.792 bits per heavy atom. The molecule has 4 aromatic carbocycles. The van der Waals surface area contributed by atoms with Gasteiger partial charge in [-0.15, -0.1) is 0 Å². The molecule has 0 aliphatic carbocycles. The second-order valence-electron chi connectivity index (χ2n) is 12.7. The lowest BCUT2D eigenvalue weighted by Gasteiger charge is -2.06. The Hall–Kier alpha value is -4.18. The zero-order valence-corrected chi connectivity index (χ0v) is 29.4. The van der Waals surface area contributed by atoms with Gasteiger partial charge >= 0.3 is 0 Å². The van der Waals surface area contributed by atoms with Gasteiger partial charge in [0.2, 0.25) is 0 Å². The Kier molecular flexibility index (Phi) is 17.1. The van der Waals surface area contributed by atoms with Gasteiger partial charge in [0.05, 0.1) is 24.6 Å². The molecule has 0 atom stereocenters. The van der Waals surface area contributed by atoms with E-state index in [0.717, 1.165) is 72.9 Å². The van der Waals surface area contributed by atoms with Crippen LogP contribution in [0, 0.1) is 0 Å². The van der Waals surface area contributed by atoms with Crippen LogP contribution in [0.2, 0.25) is 0 Å². The first-order valence-electron chi connectivity index (χ1n) is 18.4. The highest BCUT2D eigenvalue weighted by Gasteiger charge is 2.00. The first-order valence-corrected chi connectivity index (χ1v) is 18.4. The van der Waals surface area contributed by atoms with E-state index in [9.17, 15) is 0 Å². The van der Waals surface area contributed by atoms with E-state index in [1.165, 1.54) is 75.3 Å². The smallest absolute Gasteiger partial charge is 0.119 e. The van der Waals surface area contributed by atoms with Crippen LogP contribution in [0.5, 0.6) is 11.5 Å². The average molecular weight is 645 g/mol. The molecule has 0 N–H and O–H groups in total. The Labute approximate surface area is 290 Å². The van der Waals surface area contributed by atoms with Crippen LogP contribution in [-0.4, -0.2) is 25.6 Å². The lowest BCUT2D eigenvalue weighted by Crippen LogP contribution is -1.96. The number of nitrogens with zero attached hydrogens (tertiary/aromatic N) is 2. The lowest BCUT2D eigenvalue weighted by molar-refractivity contribution is 0.306. The number of benzene rings is 4. The highest BCUT2D eigenvalue weighted by molar-refractivity contribution is 5.82. The number of hydrogen-bond donors (Lipinski definition) is 0. The standard InChI is InChI=1S/C44H56N2O2/c1-3-5-13-33-47-43-29-21-39(22-30-43)35-45-41-25-17-37(18-26-41)15-11-9-7-8-10-12-16-38-19-27-42(28-20-38)46-36-40-23-31-44(32-24-40)48-34-14-6-4-2/h17-32,35-36H,3-16,33-34H2,1-2H3. The molecule has 4 nitrogen and oxygen atoms in total. The van der Waals surface area contributed by atoms with E-state index >= 15 is 0 Å². The number of aliphatic imine (C=N–C) groups is 2. The van der Waals surface area contributed by atoms with Crippen LogP contribution in [0.1, 0.15) is 113 Å². The predicted octanol–water partition coefficient (Wildman–Crippen LogP) is 12.5. The maximum Gasteiger partial charge on any atom is 0.119 e. The second-order valence-corrected chi connectivity index (χ2v) is 12.7. The fourth-order valence-electron chi connectivity index (χ4n) is 5.55. The molecule has 0 saturated carbocycles. The normalized spacial score (nSPS) is 11.5. The van der Waals surface area contributed by atoms with Crippen molar-refractivity contribution in [2.45, 2.75) is 104 Å². The van der Waals surface area contributed by atoms with Crippen LogP contribution >= 0.6 is 0 Å². The Morgan fingerprint density at radius 1 is 0.417 bits per heavy atom. The SMILES string of the molecule is CCCCCOc1ccc(C=Nc2ccc(CCCCCCCCc3ccc(N=Cc4ccc(OCCCCC)cc4)cc3)cc2)cc1. The van der Waals surface area contributed by atoms with Crippen LogP contribution in [0.15, 0.2) is 107 Å². The topological polar surface area (TPSA) is 43.2 Å². The summed E-state index contributed by atoms with van der Waals surface area (Å²) >= 11 is 0. The number of rotatable bonds is 23. The predicted molar refractivity (Wildman–Crippen MR) is 205 cm³/mol. The molecule has 0 aliphatic rings. The first-order chi connectivity index (χ1) is 23.7.